The van der Waals surface area contributed by atoms with Crippen molar-refractivity contribution < 1.29 is 14.3 Å². The van der Waals surface area contributed by atoms with Crippen molar-refractivity contribution >= 4 is 5.78 Å². The number of carbonyl (C=O) groups excluding carboxylic acids is 1. The number of ether oxygens (including phenoxy) is 2. The number of Topliss-reactive ketones (excluding diaryl/α,β-unsaturated/α-hetero) is 1. The summed E-state index contributed by atoms with van der Waals surface area (Å²) in [5.74, 6) is 0.649. The van der Waals surface area contributed by atoms with Crippen molar-refractivity contribution in [2.75, 3.05) is 13.7 Å². The SMILES string of the molecule is COc1cccc(C(=O)COC(C)(C)C)c1. The Bertz CT molecular complexity index is 364. The van der Waals surface area contributed by atoms with Crippen molar-refractivity contribution in [3.05, 3.63) is 29.8 Å². The van der Waals surface area contributed by atoms with E-state index in [9.17, 15) is 4.79 Å². The third-order valence-corrected chi connectivity index (χ3v) is 2.03. The maximum absolute atomic E-state index is 11.8. The number of benzene rings is 1. The molecule has 0 amide bonds. The highest BCUT2D eigenvalue weighted by molar-refractivity contribution is 5.97. The van der Waals surface area contributed by atoms with Gasteiger partial charge in [0.2, 0.25) is 0 Å². The molecule has 0 bridgehead atoms. The van der Waals surface area contributed by atoms with Gasteiger partial charge in [0, 0.05) is 5.56 Å². The summed E-state index contributed by atoms with van der Waals surface area (Å²) in [6.07, 6.45) is 0. The molecule has 3 nitrogen and oxygen atoms in total. The van der Waals surface area contributed by atoms with E-state index in [2.05, 4.69) is 0 Å². The summed E-state index contributed by atoms with van der Waals surface area (Å²) >= 11 is 0. The molecular formula is C13H18O3. The van der Waals surface area contributed by atoms with Crippen molar-refractivity contribution in [1.82, 2.24) is 0 Å². The molecule has 0 N–H and O–H groups in total. The maximum atomic E-state index is 11.8. The largest absolute Gasteiger partial charge is 0.497 e. The first-order chi connectivity index (χ1) is 7.42. The smallest absolute Gasteiger partial charge is 0.188 e. The lowest BCUT2D eigenvalue weighted by molar-refractivity contribution is 0.00306. The molecule has 1 aromatic rings. The van der Waals surface area contributed by atoms with Crippen LogP contribution in [0.15, 0.2) is 24.3 Å². The first-order valence-corrected chi connectivity index (χ1v) is 5.23. The molecular weight excluding hydrogens is 204 g/mol. The Morgan fingerprint density at radius 2 is 2.00 bits per heavy atom. The zero-order valence-electron chi connectivity index (χ0n) is 10.2. The molecule has 0 aliphatic carbocycles. The normalized spacial score (nSPS) is 11.2. The molecule has 0 heterocycles. The van der Waals surface area contributed by atoms with Gasteiger partial charge in [-0.1, -0.05) is 12.1 Å². The minimum Gasteiger partial charge on any atom is -0.497 e. The molecule has 0 aromatic heterocycles. The average Bonchev–Trinajstić information content (AvgIpc) is 2.25. The Morgan fingerprint density at radius 3 is 2.56 bits per heavy atom. The minimum absolute atomic E-state index is 0.0335. The topological polar surface area (TPSA) is 35.5 Å². The molecule has 3 heteroatoms. The van der Waals surface area contributed by atoms with Gasteiger partial charge in [0.05, 0.1) is 12.7 Å². The summed E-state index contributed by atoms with van der Waals surface area (Å²) in [7, 11) is 1.58. The molecule has 0 aliphatic rings. The summed E-state index contributed by atoms with van der Waals surface area (Å²) in [6, 6.07) is 7.08. The molecule has 0 unspecified atom stereocenters. The van der Waals surface area contributed by atoms with E-state index in [4.69, 9.17) is 9.47 Å². The van der Waals surface area contributed by atoms with Crippen LogP contribution in [0.3, 0.4) is 0 Å². The maximum Gasteiger partial charge on any atom is 0.188 e. The van der Waals surface area contributed by atoms with E-state index in [0.29, 0.717) is 11.3 Å². The molecule has 0 atom stereocenters. The summed E-state index contributed by atoms with van der Waals surface area (Å²) in [5.41, 5.74) is 0.317. The number of hydrogen-bond donors (Lipinski definition) is 0. The third-order valence-electron chi connectivity index (χ3n) is 2.03. The molecule has 88 valence electrons. The molecule has 0 radical (unpaired) electrons. The van der Waals surface area contributed by atoms with Crippen molar-refractivity contribution in [2.24, 2.45) is 0 Å². The van der Waals surface area contributed by atoms with Crippen LogP contribution in [0, 0.1) is 0 Å². The lowest BCUT2D eigenvalue weighted by atomic mass is 10.1. The van der Waals surface area contributed by atoms with E-state index >= 15 is 0 Å². The van der Waals surface area contributed by atoms with Gasteiger partial charge in [0.25, 0.3) is 0 Å². The van der Waals surface area contributed by atoms with Crippen LogP contribution in [0.5, 0.6) is 5.75 Å². The Labute approximate surface area is 96.4 Å². The summed E-state index contributed by atoms with van der Waals surface area (Å²) in [4.78, 5) is 11.8. The lowest BCUT2D eigenvalue weighted by Gasteiger charge is -2.18. The minimum atomic E-state index is -0.297. The zero-order chi connectivity index (χ0) is 12.2. The molecule has 16 heavy (non-hydrogen) atoms. The Balaban J connectivity index is 2.66. The highest BCUT2D eigenvalue weighted by Gasteiger charge is 2.14. The van der Waals surface area contributed by atoms with Gasteiger partial charge in [-0.2, -0.15) is 0 Å². The van der Waals surface area contributed by atoms with Crippen LogP contribution in [-0.4, -0.2) is 25.1 Å². The van der Waals surface area contributed by atoms with Gasteiger partial charge in [0.15, 0.2) is 5.78 Å². The van der Waals surface area contributed by atoms with Crippen molar-refractivity contribution in [3.63, 3.8) is 0 Å². The van der Waals surface area contributed by atoms with Crippen molar-refractivity contribution in [2.45, 2.75) is 26.4 Å². The second kappa shape index (κ2) is 5.12. The first kappa shape index (κ1) is 12.7. The number of ketones is 1. The predicted molar refractivity (Wildman–Crippen MR) is 63.0 cm³/mol. The molecule has 1 aromatic carbocycles. The van der Waals surface area contributed by atoms with E-state index < -0.39 is 0 Å². The second-order valence-corrected chi connectivity index (χ2v) is 4.56. The predicted octanol–water partition coefficient (Wildman–Crippen LogP) is 2.69. The van der Waals surface area contributed by atoms with E-state index in [1.807, 2.05) is 20.8 Å². The average molecular weight is 222 g/mol. The third kappa shape index (κ3) is 4.03. The fraction of sp³-hybridized carbons (Fsp3) is 0.462. The van der Waals surface area contributed by atoms with Gasteiger partial charge in [-0.3, -0.25) is 4.79 Å². The Hall–Kier alpha value is -1.35. The van der Waals surface area contributed by atoms with E-state index in [1.165, 1.54) is 0 Å². The lowest BCUT2D eigenvalue weighted by Crippen LogP contribution is -2.23. The van der Waals surface area contributed by atoms with Gasteiger partial charge in [-0.25, -0.2) is 0 Å². The fourth-order valence-corrected chi connectivity index (χ4v) is 1.16. The van der Waals surface area contributed by atoms with Crippen LogP contribution in [0.25, 0.3) is 0 Å². The Kier molecular flexibility index (Phi) is 4.07. The molecule has 0 saturated carbocycles. The van der Waals surface area contributed by atoms with Gasteiger partial charge >= 0.3 is 0 Å². The molecule has 0 fully saturated rings. The number of carbonyl (C=O) groups is 1. The summed E-state index contributed by atoms with van der Waals surface area (Å²) in [6.45, 7) is 5.86. The number of rotatable bonds is 4. The molecule has 0 saturated heterocycles. The highest BCUT2D eigenvalue weighted by Crippen LogP contribution is 2.14. The zero-order valence-corrected chi connectivity index (χ0v) is 10.2. The summed E-state index contributed by atoms with van der Waals surface area (Å²) in [5, 5.41) is 0. The van der Waals surface area contributed by atoms with Gasteiger partial charge in [0.1, 0.15) is 12.4 Å². The van der Waals surface area contributed by atoms with Crippen molar-refractivity contribution in [1.29, 1.82) is 0 Å². The van der Waals surface area contributed by atoms with Crippen LogP contribution in [-0.2, 0) is 4.74 Å². The quantitative estimate of drug-likeness (QED) is 0.735. The number of hydrogen-bond acceptors (Lipinski definition) is 3. The molecule has 0 aliphatic heterocycles. The first-order valence-electron chi connectivity index (χ1n) is 5.23. The van der Waals surface area contributed by atoms with Crippen LogP contribution < -0.4 is 4.74 Å². The fourth-order valence-electron chi connectivity index (χ4n) is 1.16. The highest BCUT2D eigenvalue weighted by atomic mass is 16.5. The van der Waals surface area contributed by atoms with Crippen LogP contribution in [0.1, 0.15) is 31.1 Å². The van der Waals surface area contributed by atoms with Gasteiger partial charge < -0.3 is 9.47 Å². The van der Waals surface area contributed by atoms with Crippen LogP contribution in [0.4, 0.5) is 0 Å². The van der Waals surface area contributed by atoms with E-state index in [0.717, 1.165) is 0 Å². The second-order valence-electron chi connectivity index (χ2n) is 4.56. The number of methoxy groups -OCH3 is 1. The molecule has 0 spiro atoms. The standard InChI is InChI=1S/C13H18O3/c1-13(2,3)16-9-12(14)10-6-5-7-11(8-10)15-4/h5-8H,9H2,1-4H3. The van der Waals surface area contributed by atoms with Gasteiger partial charge in [-0.05, 0) is 32.9 Å². The Morgan fingerprint density at radius 1 is 1.31 bits per heavy atom. The van der Waals surface area contributed by atoms with Crippen molar-refractivity contribution in [3.8, 4) is 5.75 Å². The van der Waals surface area contributed by atoms with Crippen LogP contribution >= 0.6 is 0 Å². The monoisotopic (exact) mass is 222 g/mol. The van der Waals surface area contributed by atoms with Crippen LogP contribution in [0.2, 0.25) is 0 Å². The van der Waals surface area contributed by atoms with E-state index in [-0.39, 0.29) is 18.0 Å². The summed E-state index contributed by atoms with van der Waals surface area (Å²) < 4.78 is 10.5. The van der Waals surface area contributed by atoms with E-state index in [1.54, 1.807) is 31.4 Å². The van der Waals surface area contributed by atoms with Gasteiger partial charge in [-0.15, -0.1) is 0 Å². The molecule has 1 rings (SSSR count).